The molecule has 0 aliphatic heterocycles. The number of esters is 1. The van der Waals surface area contributed by atoms with Gasteiger partial charge in [0.1, 0.15) is 12.7 Å². The number of hydrogen-bond acceptors (Lipinski definition) is 4. The monoisotopic (exact) mass is 305 g/mol. The Morgan fingerprint density at radius 3 is 2.67 bits per heavy atom. The van der Waals surface area contributed by atoms with E-state index in [0.717, 1.165) is 0 Å². The Morgan fingerprint density at radius 1 is 1.38 bits per heavy atom. The highest BCUT2D eigenvalue weighted by Crippen LogP contribution is 2.20. The number of hydrogen-bond donors (Lipinski definition) is 0. The van der Waals surface area contributed by atoms with Gasteiger partial charge in [-0.05, 0) is 23.6 Å². The van der Waals surface area contributed by atoms with E-state index in [2.05, 4.69) is 10.1 Å². The van der Waals surface area contributed by atoms with Crippen LogP contribution >= 0.6 is 11.6 Å². The van der Waals surface area contributed by atoms with Gasteiger partial charge in [0.25, 0.3) is 0 Å². The molecule has 0 N–H and O–H groups in total. The van der Waals surface area contributed by atoms with Gasteiger partial charge in [0.15, 0.2) is 0 Å². The van der Waals surface area contributed by atoms with Crippen molar-refractivity contribution >= 4 is 29.3 Å². The van der Waals surface area contributed by atoms with Crippen LogP contribution in [0.2, 0.25) is 5.02 Å². The Morgan fingerprint density at radius 2 is 2.10 bits per heavy atom. The number of aromatic nitrogens is 3. The van der Waals surface area contributed by atoms with Crippen LogP contribution in [0.1, 0.15) is 19.4 Å². The number of ether oxygens (including phenoxy) is 1. The van der Waals surface area contributed by atoms with Crippen molar-refractivity contribution in [2.75, 3.05) is 6.61 Å². The zero-order valence-corrected chi connectivity index (χ0v) is 12.6. The van der Waals surface area contributed by atoms with Crippen molar-refractivity contribution in [2.45, 2.75) is 13.8 Å². The van der Waals surface area contributed by atoms with Crippen LogP contribution in [0.5, 0.6) is 0 Å². The van der Waals surface area contributed by atoms with Gasteiger partial charge in [-0.1, -0.05) is 37.6 Å². The first kappa shape index (κ1) is 15.3. The lowest BCUT2D eigenvalue weighted by molar-refractivity contribution is -0.137. The molecule has 0 aliphatic rings. The molecule has 0 fully saturated rings. The molecular formula is C15H16ClN3O2. The third-order valence-corrected chi connectivity index (χ3v) is 2.87. The summed E-state index contributed by atoms with van der Waals surface area (Å²) in [5.74, 6) is -0.131. The predicted molar refractivity (Wildman–Crippen MR) is 81.4 cm³/mol. The van der Waals surface area contributed by atoms with Crippen LogP contribution in [0.25, 0.3) is 11.8 Å². The van der Waals surface area contributed by atoms with Gasteiger partial charge in [-0.15, -0.1) is 0 Å². The molecule has 1 aromatic heterocycles. The fraction of sp³-hybridized carbons (Fsp3) is 0.267. The van der Waals surface area contributed by atoms with Crippen molar-refractivity contribution in [3.05, 3.63) is 47.5 Å². The van der Waals surface area contributed by atoms with E-state index in [9.17, 15) is 4.79 Å². The SMILES string of the molecule is CC(C)COC(=O)C(=Cn1cncn1)c1ccc(Cl)cc1. The van der Waals surface area contributed by atoms with Gasteiger partial charge in [-0.25, -0.2) is 14.5 Å². The Bertz CT molecular complexity index is 619. The number of benzene rings is 1. The largest absolute Gasteiger partial charge is 0.462 e. The molecule has 0 unspecified atom stereocenters. The summed E-state index contributed by atoms with van der Waals surface area (Å²) in [7, 11) is 0. The van der Waals surface area contributed by atoms with Crippen molar-refractivity contribution in [1.29, 1.82) is 0 Å². The first-order valence-electron chi connectivity index (χ1n) is 6.55. The van der Waals surface area contributed by atoms with Crippen LogP contribution in [-0.4, -0.2) is 27.3 Å². The van der Waals surface area contributed by atoms with Gasteiger partial charge in [0.2, 0.25) is 0 Å². The van der Waals surface area contributed by atoms with Crippen molar-refractivity contribution in [1.82, 2.24) is 14.8 Å². The van der Waals surface area contributed by atoms with Crippen LogP contribution in [0.4, 0.5) is 0 Å². The third kappa shape index (κ3) is 4.43. The zero-order chi connectivity index (χ0) is 15.2. The van der Waals surface area contributed by atoms with Crippen LogP contribution in [0.15, 0.2) is 36.9 Å². The Balaban J connectivity index is 2.30. The molecule has 0 amide bonds. The highest BCUT2D eigenvalue weighted by molar-refractivity contribution is 6.30. The van der Waals surface area contributed by atoms with Gasteiger partial charge >= 0.3 is 5.97 Å². The molecule has 1 heterocycles. The lowest BCUT2D eigenvalue weighted by Gasteiger charge is -2.10. The smallest absolute Gasteiger partial charge is 0.340 e. The lowest BCUT2D eigenvalue weighted by Crippen LogP contribution is -2.12. The first-order chi connectivity index (χ1) is 10.1. The summed E-state index contributed by atoms with van der Waals surface area (Å²) in [4.78, 5) is 16.1. The minimum atomic E-state index is -0.401. The molecule has 2 rings (SSSR count). The maximum absolute atomic E-state index is 12.3. The minimum Gasteiger partial charge on any atom is -0.462 e. The molecule has 21 heavy (non-hydrogen) atoms. The first-order valence-corrected chi connectivity index (χ1v) is 6.93. The van der Waals surface area contributed by atoms with Crippen molar-refractivity contribution in [3.8, 4) is 0 Å². The fourth-order valence-corrected chi connectivity index (χ4v) is 1.74. The second-order valence-electron chi connectivity index (χ2n) is 4.92. The molecular weight excluding hydrogens is 290 g/mol. The summed E-state index contributed by atoms with van der Waals surface area (Å²) in [6.45, 7) is 4.33. The van der Waals surface area contributed by atoms with Crippen molar-refractivity contribution in [2.24, 2.45) is 5.92 Å². The van der Waals surface area contributed by atoms with Gasteiger partial charge in [-0.2, -0.15) is 5.10 Å². The Kier molecular flexibility index (Phi) is 5.11. The van der Waals surface area contributed by atoms with Crippen molar-refractivity contribution in [3.63, 3.8) is 0 Å². The van der Waals surface area contributed by atoms with Gasteiger partial charge in [-0.3, -0.25) is 0 Å². The molecule has 0 spiro atoms. The van der Waals surface area contributed by atoms with E-state index in [1.165, 1.54) is 17.3 Å². The van der Waals surface area contributed by atoms with E-state index in [0.29, 0.717) is 22.8 Å². The summed E-state index contributed by atoms with van der Waals surface area (Å²) in [6.07, 6.45) is 4.49. The topological polar surface area (TPSA) is 57.0 Å². The lowest BCUT2D eigenvalue weighted by atomic mass is 10.1. The van der Waals surface area contributed by atoms with Crippen LogP contribution < -0.4 is 0 Å². The number of halogens is 1. The molecule has 1 aromatic carbocycles. The summed E-state index contributed by atoms with van der Waals surface area (Å²) >= 11 is 5.88. The molecule has 0 saturated heterocycles. The van der Waals surface area contributed by atoms with E-state index >= 15 is 0 Å². The van der Waals surface area contributed by atoms with Gasteiger partial charge in [0.05, 0.1) is 12.2 Å². The summed E-state index contributed by atoms with van der Waals surface area (Å²) in [5.41, 5.74) is 1.11. The normalized spacial score (nSPS) is 11.7. The second-order valence-corrected chi connectivity index (χ2v) is 5.35. The number of carbonyl (C=O) groups is 1. The molecule has 0 bridgehead atoms. The summed E-state index contributed by atoms with van der Waals surface area (Å²) < 4.78 is 6.76. The maximum Gasteiger partial charge on any atom is 0.340 e. The van der Waals surface area contributed by atoms with Gasteiger partial charge in [0, 0.05) is 11.2 Å². The zero-order valence-electron chi connectivity index (χ0n) is 11.9. The minimum absolute atomic E-state index is 0.270. The van der Waals surface area contributed by atoms with E-state index < -0.39 is 5.97 Å². The Hall–Kier alpha value is -2.14. The molecule has 2 aromatic rings. The fourth-order valence-electron chi connectivity index (χ4n) is 1.61. The van der Waals surface area contributed by atoms with E-state index in [4.69, 9.17) is 16.3 Å². The summed E-state index contributed by atoms with van der Waals surface area (Å²) in [5, 5.41) is 4.58. The highest BCUT2D eigenvalue weighted by Gasteiger charge is 2.15. The van der Waals surface area contributed by atoms with Crippen LogP contribution in [0, 0.1) is 5.92 Å². The highest BCUT2D eigenvalue weighted by atomic mass is 35.5. The number of rotatable bonds is 5. The van der Waals surface area contributed by atoms with E-state index in [1.807, 2.05) is 13.8 Å². The van der Waals surface area contributed by atoms with Crippen molar-refractivity contribution < 1.29 is 9.53 Å². The van der Waals surface area contributed by atoms with E-state index in [-0.39, 0.29) is 5.92 Å². The molecule has 0 saturated carbocycles. The molecule has 5 nitrogen and oxygen atoms in total. The number of carbonyl (C=O) groups excluding carboxylic acids is 1. The number of nitrogens with zero attached hydrogens (tertiary/aromatic N) is 3. The van der Waals surface area contributed by atoms with E-state index in [1.54, 1.807) is 30.5 Å². The molecule has 0 atom stereocenters. The predicted octanol–water partition coefficient (Wildman–Crippen LogP) is 3.13. The van der Waals surface area contributed by atoms with Gasteiger partial charge < -0.3 is 4.74 Å². The average molecular weight is 306 g/mol. The quantitative estimate of drug-likeness (QED) is 0.629. The van der Waals surface area contributed by atoms with Crippen LogP contribution in [0.3, 0.4) is 0 Å². The average Bonchev–Trinajstić information content (AvgIpc) is 2.96. The maximum atomic E-state index is 12.3. The van der Waals surface area contributed by atoms with Crippen LogP contribution in [-0.2, 0) is 9.53 Å². The Labute approximate surface area is 128 Å². The molecule has 0 radical (unpaired) electrons. The molecule has 6 heteroatoms. The third-order valence-electron chi connectivity index (χ3n) is 2.62. The second kappa shape index (κ2) is 7.04. The molecule has 0 aliphatic carbocycles. The summed E-state index contributed by atoms with van der Waals surface area (Å²) in [6, 6.07) is 6.98. The standard InChI is InChI=1S/C15H16ClN3O2/c1-11(2)8-21-15(20)14(7-19-10-17-9-18-19)12-3-5-13(16)6-4-12/h3-7,9-11H,8H2,1-2H3. The molecule has 110 valence electrons.